The zero-order chi connectivity index (χ0) is 16.5. The number of halogens is 3. The lowest BCUT2D eigenvalue weighted by Crippen LogP contribution is -2.52. The number of hydrazone groups is 1. The van der Waals surface area contributed by atoms with Gasteiger partial charge in [-0.3, -0.25) is 5.43 Å². The van der Waals surface area contributed by atoms with Crippen LogP contribution in [0.1, 0.15) is 4.88 Å². The molecule has 5 nitrogen and oxygen atoms in total. The molecule has 1 aliphatic rings. The summed E-state index contributed by atoms with van der Waals surface area (Å²) in [5, 5.41) is 18.7. The molecule has 2 heterocycles. The second-order valence-electron chi connectivity index (χ2n) is 4.59. The summed E-state index contributed by atoms with van der Waals surface area (Å²) < 4.78 is 39.5. The van der Waals surface area contributed by atoms with Crippen LogP contribution >= 0.6 is 11.3 Å². The third kappa shape index (κ3) is 2.80. The zero-order valence-electron chi connectivity index (χ0n) is 11.4. The van der Waals surface area contributed by atoms with Crippen molar-refractivity contribution in [3.63, 3.8) is 0 Å². The van der Waals surface area contributed by atoms with Crippen molar-refractivity contribution >= 4 is 28.4 Å². The number of nitrogens with zero attached hydrogens (tertiary/aromatic N) is 2. The first-order chi connectivity index (χ1) is 10.9. The molecule has 3 rings (SSSR count). The van der Waals surface area contributed by atoms with Gasteiger partial charge in [0.05, 0.1) is 10.6 Å². The number of thiophene rings is 1. The van der Waals surface area contributed by atoms with Crippen LogP contribution in [0.2, 0.25) is 0 Å². The van der Waals surface area contributed by atoms with Crippen molar-refractivity contribution in [1.29, 1.82) is 0 Å². The molecule has 0 aliphatic carbocycles. The van der Waals surface area contributed by atoms with E-state index in [1.165, 1.54) is 0 Å². The molecule has 1 aromatic heterocycles. The van der Waals surface area contributed by atoms with Crippen LogP contribution in [0.25, 0.3) is 0 Å². The predicted octanol–water partition coefficient (Wildman–Crippen LogP) is 3.20. The van der Waals surface area contributed by atoms with E-state index in [0.717, 1.165) is 11.3 Å². The summed E-state index contributed by atoms with van der Waals surface area (Å²) in [6.45, 7) is 0. The van der Waals surface area contributed by atoms with Crippen molar-refractivity contribution in [2.24, 2.45) is 10.3 Å². The molecule has 23 heavy (non-hydrogen) atoms. The molecule has 1 aliphatic heterocycles. The fourth-order valence-corrected chi connectivity index (χ4v) is 2.59. The molecule has 9 heteroatoms. The van der Waals surface area contributed by atoms with Crippen LogP contribution in [0, 0.1) is 0 Å². The van der Waals surface area contributed by atoms with E-state index in [1.54, 1.807) is 47.8 Å². The van der Waals surface area contributed by atoms with Crippen molar-refractivity contribution in [3.05, 3.63) is 52.7 Å². The highest BCUT2D eigenvalue weighted by molar-refractivity contribution is 7.13. The summed E-state index contributed by atoms with van der Waals surface area (Å²) in [7, 11) is 0. The fourth-order valence-electron chi connectivity index (χ4n) is 1.88. The molecular weight excluding hydrogens is 331 g/mol. The maximum atomic E-state index is 13.2. The van der Waals surface area contributed by atoms with E-state index >= 15 is 0 Å². The molecule has 0 saturated heterocycles. The Bertz CT molecular complexity index is 744. The van der Waals surface area contributed by atoms with Gasteiger partial charge in [0.1, 0.15) is 0 Å². The van der Waals surface area contributed by atoms with Gasteiger partial charge >= 0.3 is 12.0 Å². The average molecular weight is 341 g/mol. The molecule has 2 aromatic rings. The minimum Gasteiger partial charge on any atom is -0.343 e. The maximum Gasteiger partial charge on any atom is 0.464 e. The van der Waals surface area contributed by atoms with Gasteiger partial charge in [0, 0.05) is 0 Å². The van der Waals surface area contributed by atoms with Gasteiger partial charge in [-0.05, 0) is 23.6 Å². The molecule has 1 unspecified atom stereocenters. The van der Waals surface area contributed by atoms with Gasteiger partial charge in [-0.2, -0.15) is 18.3 Å². The van der Waals surface area contributed by atoms with Crippen LogP contribution in [0.15, 0.2) is 58.1 Å². The lowest BCUT2D eigenvalue weighted by atomic mass is 10.1. The molecular formula is C14H10F3N3O2S. The monoisotopic (exact) mass is 341 g/mol. The number of hydrogen-bond acceptors (Lipinski definition) is 6. The van der Waals surface area contributed by atoms with Crippen molar-refractivity contribution < 1.29 is 23.1 Å². The number of para-hydroxylation sites is 1. The van der Waals surface area contributed by atoms with E-state index in [-0.39, 0.29) is 5.71 Å². The Balaban J connectivity index is 1.99. The number of anilines is 1. The van der Waals surface area contributed by atoms with Gasteiger partial charge in [0.25, 0.3) is 0 Å². The Kier molecular flexibility index (Phi) is 3.82. The molecule has 0 fully saturated rings. The van der Waals surface area contributed by atoms with E-state index < -0.39 is 17.7 Å². The first kappa shape index (κ1) is 15.5. The Morgan fingerprint density at radius 1 is 1.17 bits per heavy atom. The number of oxime groups is 1. The molecule has 0 saturated carbocycles. The topological polar surface area (TPSA) is 66.2 Å². The van der Waals surface area contributed by atoms with E-state index in [0.29, 0.717) is 10.6 Å². The lowest BCUT2D eigenvalue weighted by molar-refractivity contribution is -0.325. The average Bonchev–Trinajstić information content (AvgIpc) is 3.14. The number of benzene rings is 1. The highest BCUT2D eigenvalue weighted by Crippen LogP contribution is 2.38. The van der Waals surface area contributed by atoms with E-state index in [9.17, 15) is 18.3 Å². The third-order valence-electron chi connectivity index (χ3n) is 3.02. The Morgan fingerprint density at radius 3 is 2.52 bits per heavy atom. The molecule has 1 aromatic carbocycles. The van der Waals surface area contributed by atoms with Gasteiger partial charge in [0.15, 0.2) is 11.4 Å². The Hall–Kier alpha value is -2.39. The molecule has 2 N–H and O–H groups in total. The highest BCUT2D eigenvalue weighted by Gasteiger charge is 2.65. The van der Waals surface area contributed by atoms with Crippen LogP contribution in [0.4, 0.5) is 18.9 Å². The molecule has 120 valence electrons. The number of aliphatic hydroxyl groups is 1. The third-order valence-corrected chi connectivity index (χ3v) is 3.90. The van der Waals surface area contributed by atoms with E-state index in [2.05, 4.69) is 20.5 Å². The minimum atomic E-state index is -5.09. The van der Waals surface area contributed by atoms with Gasteiger partial charge in [-0.1, -0.05) is 29.4 Å². The van der Waals surface area contributed by atoms with Gasteiger partial charge < -0.3 is 9.94 Å². The number of alkyl halides is 3. The Morgan fingerprint density at radius 2 is 1.91 bits per heavy atom. The predicted molar refractivity (Wildman–Crippen MR) is 80.4 cm³/mol. The maximum absolute atomic E-state index is 13.2. The summed E-state index contributed by atoms with van der Waals surface area (Å²) in [6.07, 6.45) is -5.09. The standard InChI is InChI=1S/C14H10F3N3O2S/c15-14(16,17)13(21)12(19-18-9-5-2-1-3-6-9)11(20-22-13)10-7-4-8-23-10/h1-8,18,21H/b19-12+. The normalized spacial score (nSPS) is 22.8. The van der Waals surface area contributed by atoms with Crippen molar-refractivity contribution in [1.82, 2.24) is 0 Å². The van der Waals surface area contributed by atoms with Crippen molar-refractivity contribution in [2.75, 3.05) is 5.43 Å². The summed E-state index contributed by atoms with van der Waals surface area (Å²) in [5.74, 6) is -3.59. The highest BCUT2D eigenvalue weighted by atomic mass is 32.1. The van der Waals surface area contributed by atoms with Crippen LogP contribution in [-0.2, 0) is 4.84 Å². The number of hydrogen-bond donors (Lipinski definition) is 2. The van der Waals surface area contributed by atoms with Gasteiger partial charge in [-0.25, -0.2) is 0 Å². The van der Waals surface area contributed by atoms with Gasteiger partial charge in [-0.15, -0.1) is 11.3 Å². The van der Waals surface area contributed by atoms with Crippen LogP contribution in [0.3, 0.4) is 0 Å². The second kappa shape index (κ2) is 5.67. The van der Waals surface area contributed by atoms with E-state index in [1.807, 2.05) is 0 Å². The van der Waals surface area contributed by atoms with Crippen LogP contribution < -0.4 is 5.43 Å². The molecule has 0 bridgehead atoms. The quantitative estimate of drug-likeness (QED) is 0.843. The SMILES string of the molecule is OC1(C(F)(F)F)ON=C(c2cccs2)/C1=N\Nc1ccccc1. The molecule has 1 atom stereocenters. The molecule has 0 radical (unpaired) electrons. The van der Waals surface area contributed by atoms with Crippen LogP contribution in [0.5, 0.6) is 0 Å². The van der Waals surface area contributed by atoms with Crippen molar-refractivity contribution in [3.8, 4) is 0 Å². The molecule has 0 spiro atoms. The summed E-state index contributed by atoms with van der Waals surface area (Å²) in [5.41, 5.74) is 2.03. The zero-order valence-corrected chi connectivity index (χ0v) is 12.2. The van der Waals surface area contributed by atoms with Gasteiger partial charge in [0.2, 0.25) is 0 Å². The fraction of sp³-hybridized carbons (Fsp3) is 0.143. The summed E-state index contributed by atoms with van der Waals surface area (Å²) in [4.78, 5) is 4.70. The Labute approximate surface area is 132 Å². The second-order valence-corrected chi connectivity index (χ2v) is 5.54. The molecule has 0 amide bonds. The number of rotatable bonds is 3. The smallest absolute Gasteiger partial charge is 0.343 e. The largest absolute Gasteiger partial charge is 0.464 e. The number of nitrogens with one attached hydrogen (secondary N) is 1. The first-order valence-corrected chi connectivity index (χ1v) is 7.28. The minimum absolute atomic E-state index is 0.164. The summed E-state index contributed by atoms with van der Waals surface area (Å²) in [6, 6.07) is 11.6. The lowest BCUT2D eigenvalue weighted by Gasteiger charge is -2.23. The van der Waals surface area contributed by atoms with Crippen LogP contribution in [-0.4, -0.2) is 28.5 Å². The van der Waals surface area contributed by atoms with Crippen molar-refractivity contribution in [2.45, 2.75) is 12.0 Å². The summed E-state index contributed by atoms with van der Waals surface area (Å²) >= 11 is 1.16. The van der Waals surface area contributed by atoms with E-state index in [4.69, 9.17) is 0 Å². The first-order valence-electron chi connectivity index (χ1n) is 6.40.